The van der Waals surface area contributed by atoms with E-state index in [9.17, 15) is 9.59 Å². The van der Waals surface area contributed by atoms with E-state index in [1.165, 1.54) is 0 Å². The van der Waals surface area contributed by atoms with Crippen molar-refractivity contribution >= 4 is 11.8 Å². The zero-order valence-corrected chi connectivity index (χ0v) is 19.6. The number of allylic oxidation sites excluding steroid dienone is 4. The molecule has 2 aromatic rings. The van der Waals surface area contributed by atoms with E-state index in [1.807, 2.05) is 90.1 Å². The highest BCUT2D eigenvalue weighted by atomic mass is 16.2. The molecule has 2 aromatic carbocycles. The molecule has 1 aliphatic heterocycles. The van der Waals surface area contributed by atoms with Crippen molar-refractivity contribution in [1.29, 1.82) is 0 Å². The number of amides is 2. The fourth-order valence-electron chi connectivity index (χ4n) is 3.97. The Bertz CT molecular complexity index is 1130. The third kappa shape index (κ3) is 4.99. The first-order chi connectivity index (χ1) is 15.2. The van der Waals surface area contributed by atoms with Crippen LogP contribution in [0.5, 0.6) is 0 Å². The van der Waals surface area contributed by atoms with Crippen LogP contribution in [0.4, 0.5) is 0 Å². The molecular formula is C27H31N3O2. The zero-order valence-electron chi connectivity index (χ0n) is 19.6. The van der Waals surface area contributed by atoms with Crippen LogP contribution in [0.25, 0.3) is 0 Å². The van der Waals surface area contributed by atoms with Gasteiger partial charge in [0.2, 0.25) is 0 Å². The molecule has 0 unspecified atom stereocenters. The first-order valence-electron chi connectivity index (χ1n) is 10.8. The number of carbonyl (C=O) groups is 2. The Hall–Kier alpha value is -3.60. The van der Waals surface area contributed by atoms with E-state index in [1.54, 1.807) is 0 Å². The molecule has 0 atom stereocenters. The summed E-state index contributed by atoms with van der Waals surface area (Å²) in [6, 6.07) is 11.7. The maximum atomic E-state index is 12.9. The molecule has 0 bridgehead atoms. The van der Waals surface area contributed by atoms with Crippen LogP contribution in [0, 0.1) is 27.7 Å². The quantitative estimate of drug-likeness (QED) is 0.634. The summed E-state index contributed by atoms with van der Waals surface area (Å²) in [5, 5.41) is 9.40. The first kappa shape index (κ1) is 23.1. The lowest BCUT2D eigenvalue weighted by Crippen LogP contribution is -2.30. The summed E-state index contributed by atoms with van der Waals surface area (Å²) in [5.74, 6) is -0.246. The van der Waals surface area contributed by atoms with E-state index in [0.717, 1.165) is 45.0 Å². The van der Waals surface area contributed by atoms with Gasteiger partial charge in [-0.1, -0.05) is 42.5 Å². The normalized spacial score (nSPS) is 16.2. The molecule has 0 saturated heterocycles. The average Bonchev–Trinajstić information content (AvgIpc) is 2.73. The van der Waals surface area contributed by atoms with Crippen LogP contribution in [-0.2, 0) is 0 Å². The van der Waals surface area contributed by atoms with Gasteiger partial charge in [0.25, 0.3) is 11.8 Å². The number of aryl methyl sites for hydroxylation is 4. The Morgan fingerprint density at radius 1 is 0.750 bits per heavy atom. The van der Waals surface area contributed by atoms with Crippen LogP contribution in [0.3, 0.4) is 0 Å². The van der Waals surface area contributed by atoms with Crippen LogP contribution in [-0.4, -0.2) is 11.8 Å². The number of rotatable bonds is 4. The molecule has 166 valence electrons. The minimum Gasteiger partial charge on any atom is -0.356 e. The summed E-state index contributed by atoms with van der Waals surface area (Å²) in [5.41, 5.74) is 8.34. The van der Waals surface area contributed by atoms with Crippen molar-refractivity contribution in [3.63, 3.8) is 0 Å². The third-order valence-electron chi connectivity index (χ3n) is 5.77. The van der Waals surface area contributed by atoms with Gasteiger partial charge in [0, 0.05) is 34.6 Å². The van der Waals surface area contributed by atoms with Gasteiger partial charge in [-0.2, -0.15) is 0 Å². The molecule has 1 aliphatic rings. The SMILES string of the molecule is CC(NC(=O)c1c(C)cccc1C)=C1C=CCC(=C(C)NC(=O)c2c(C)cccc2C)N1. The second kappa shape index (κ2) is 9.69. The largest absolute Gasteiger partial charge is 0.356 e. The predicted octanol–water partition coefficient (Wildman–Crippen LogP) is 5.09. The van der Waals surface area contributed by atoms with E-state index in [2.05, 4.69) is 16.0 Å². The molecule has 0 spiro atoms. The summed E-state index contributed by atoms with van der Waals surface area (Å²) in [7, 11) is 0. The lowest BCUT2D eigenvalue weighted by molar-refractivity contribution is 0.0956. The molecule has 3 rings (SSSR count). The van der Waals surface area contributed by atoms with E-state index >= 15 is 0 Å². The van der Waals surface area contributed by atoms with Crippen LogP contribution in [0.2, 0.25) is 0 Å². The second-order valence-corrected chi connectivity index (χ2v) is 8.32. The number of hydrogen-bond donors (Lipinski definition) is 3. The Morgan fingerprint density at radius 3 is 1.66 bits per heavy atom. The second-order valence-electron chi connectivity index (χ2n) is 8.32. The molecule has 0 aliphatic carbocycles. The Morgan fingerprint density at radius 2 is 1.19 bits per heavy atom. The van der Waals surface area contributed by atoms with Crippen molar-refractivity contribution in [2.45, 2.75) is 48.0 Å². The molecular weight excluding hydrogens is 398 g/mol. The lowest BCUT2D eigenvalue weighted by atomic mass is 10.0. The fourth-order valence-corrected chi connectivity index (χ4v) is 3.97. The standard InChI is InChI=1S/C27H31N3O2/c1-16-10-7-11-17(2)24(16)26(31)28-20(5)22-14-9-15-23(30-22)21(6)29-27(32)25-18(3)12-8-13-19(25)4/h7-14,30H,15H2,1-6H3,(H,28,31)(H,29,32). The van der Waals surface area contributed by atoms with Gasteiger partial charge in [-0.3, -0.25) is 9.59 Å². The van der Waals surface area contributed by atoms with Crippen LogP contribution in [0.15, 0.2) is 71.3 Å². The molecule has 32 heavy (non-hydrogen) atoms. The number of nitrogens with one attached hydrogen (secondary N) is 3. The topological polar surface area (TPSA) is 70.2 Å². The molecule has 5 nitrogen and oxygen atoms in total. The minimum absolute atomic E-state index is 0.118. The fraction of sp³-hybridized carbons (Fsp3) is 0.259. The Labute approximate surface area is 190 Å². The molecule has 5 heteroatoms. The van der Waals surface area contributed by atoms with Crippen molar-refractivity contribution in [2.75, 3.05) is 0 Å². The van der Waals surface area contributed by atoms with Gasteiger partial charge in [-0.15, -0.1) is 0 Å². The summed E-state index contributed by atoms with van der Waals surface area (Å²) in [6.07, 6.45) is 4.63. The smallest absolute Gasteiger partial charge is 0.256 e. The zero-order chi connectivity index (χ0) is 23.4. The van der Waals surface area contributed by atoms with Crippen LogP contribution >= 0.6 is 0 Å². The summed E-state index contributed by atoms with van der Waals surface area (Å²) in [6.45, 7) is 11.5. The van der Waals surface area contributed by atoms with E-state index in [-0.39, 0.29) is 11.8 Å². The minimum atomic E-state index is -0.128. The monoisotopic (exact) mass is 429 g/mol. The van der Waals surface area contributed by atoms with Crippen LogP contribution in [0.1, 0.15) is 63.2 Å². The average molecular weight is 430 g/mol. The van der Waals surface area contributed by atoms with Crippen molar-refractivity contribution in [1.82, 2.24) is 16.0 Å². The highest BCUT2D eigenvalue weighted by molar-refractivity contribution is 5.98. The first-order valence-corrected chi connectivity index (χ1v) is 10.8. The summed E-state index contributed by atoms with van der Waals surface area (Å²) in [4.78, 5) is 25.7. The summed E-state index contributed by atoms with van der Waals surface area (Å²) >= 11 is 0. The van der Waals surface area contributed by atoms with Gasteiger partial charge in [0.15, 0.2) is 0 Å². The van der Waals surface area contributed by atoms with Crippen molar-refractivity contribution in [3.05, 3.63) is 105 Å². The van der Waals surface area contributed by atoms with Gasteiger partial charge >= 0.3 is 0 Å². The molecule has 0 saturated carbocycles. The molecule has 3 N–H and O–H groups in total. The van der Waals surface area contributed by atoms with Gasteiger partial charge < -0.3 is 16.0 Å². The number of hydrogen-bond acceptors (Lipinski definition) is 3. The number of benzene rings is 2. The molecule has 0 radical (unpaired) electrons. The van der Waals surface area contributed by atoms with Crippen LogP contribution < -0.4 is 16.0 Å². The number of carbonyl (C=O) groups excluding carboxylic acids is 2. The maximum absolute atomic E-state index is 12.9. The van der Waals surface area contributed by atoms with E-state index in [0.29, 0.717) is 17.5 Å². The van der Waals surface area contributed by atoms with Gasteiger partial charge in [0.1, 0.15) is 0 Å². The Balaban J connectivity index is 1.79. The Kier molecular flexibility index (Phi) is 6.98. The van der Waals surface area contributed by atoms with Crippen molar-refractivity contribution in [3.8, 4) is 0 Å². The third-order valence-corrected chi connectivity index (χ3v) is 5.77. The highest BCUT2D eigenvalue weighted by Crippen LogP contribution is 2.19. The van der Waals surface area contributed by atoms with Gasteiger partial charge in [0.05, 0.1) is 5.70 Å². The summed E-state index contributed by atoms with van der Waals surface area (Å²) < 4.78 is 0. The van der Waals surface area contributed by atoms with Gasteiger partial charge in [-0.25, -0.2) is 0 Å². The maximum Gasteiger partial charge on any atom is 0.256 e. The molecule has 0 aromatic heterocycles. The molecule has 1 heterocycles. The van der Waals surface area contributed by atoms with E-state index < -0.39 is 0 Å². The predicted molar refractivity (Wildman–Crippen MR) is 129 cm³/mol. The van der Waals surface area contributed by atoms with Crippen molar-refractivity contribution < 1.29 is 9.59 Å². The highest BCUT2D eigenvalue weighted by Gasteiger charge is 2.17. The molecule has 2 amide bonds. The van der Waals surface area contributed by atoms with Crippen molar-refractivity contribution in [2.24, 2.45) is 0 Å². The molecule has 0 fully saturated rings. The van der Waals surface area contributed by atoms with E-state index in [4.69, 9.17) is 0 Å². The lowest BCUT2D eigenvalue weighted by Gasteiger charge is -2.21. The van der Waals surface area contributed by atoms with Gasteiger partial charge in [-0.05, 0) is 69.9 Å².